The van der Waals surface area contributed by atoms with Gasteiger partial charge >= 0.3 is 0 Å². The summed E-state index contributed by atoms with van der Waals surface area (Å²) in [6.45, 7) is 5.87. The van der Waals surface area contributed by atoms with Crippen molar-refractivity contribution in [3.63, 3.8) is 0 Å². The molecule has 1 aliphatic rings. The summed E-state index contributed by atoms with van der Waals surface area (Å²) in [7, 11) is 0. The average Bonchev–Trinajstić information content (AvgIpc) is 2.87. The first-order valence-electron chi connectivity index (χ1n) is 11.9. The molecule has 1 aliphatic heterocycles. The molecule has 2 amide bonds. The molecule has 1 heterocycles. The van der Waals surface area contributed by atoms with Crippen LogP contribution in [0.2, 0.25) is 0 Å². The third-order valence-corrected chi connectivity index (χ3v) is 6.41. The molecule has 6 heteroatoms. The number of rotatable bonds is 7. The van der Waals surface area contributed by atoms with Crippen LogP contribution in [0.5, 0.6) is 0 Å². The fraction of sp³-hybridized carbons (Fsp3) is 0.276. The summed E-state index contributed by atoms with van der Waals surface area (Å²) in [6, 6.07) is 24.2. The van der Waals surface area contributed by atoms with Crippen molar-refractivity contribution < 1.29 is 14.4 Å². The van der Waals surface area contributed by atoms with Crippen molar-refractivity contribution in [1.29, 1.82) is 0 Å². The second-order valence-electron chi connectivity index (χ2n) is 9.02. The number of hydrogen-bond donors (Lipinski definition) is 1. The molecular weight excluding hydrogens is 438 g/mol. The Labute approximate surface area is 206 Å². The molecule has 1 saturated heterocycles. The van der Waals surface area contributed by atoms with E-state index in [0.29, 0.717) is 43.9 Å². The monoisotopic (exact) mass is 469 g/mol. The van der Waals surface area contributed by atoms with Gasteiger partial charge in [-0.15, -0.1) is 0 Å². The molecule has 0 saturated carbocycles. The summed E-state index contributed by atoms with van der Waals surface area (Å²) >= 11 is 0. The summed E-state index contributed by atoms with van der Waals surface area (Å²) in [4.78, 5) is 42.1. The minimum atomic E-state index is -0.494. The Morgan fingerprint density at radius 3 is 2.20 bits per heavy atom. The number of benzene rings is 3. The van der Waals surface area contributed by atoms with Crippen molar-refractivity contribution in [2.45, 2.75) is 26.3 Å². The lowest BCUT2D eigenvalue weighted by molar-refractivity contribution is -0.133. The van der Waals surface area contributed by atoms with Crippen LogP contribution >= 0.6 is 0 Å². The van der Waals surface area contributed by atoms with E-state index in [2.05, 4.69) is 10.2 Å². The third kappa shape index (κ3) is 6.22. The van der Waals surface area contributed by atoms with Crippen LogP contribution in [-0.2, 0) is 16.0 Å². The highest BCUT2D eigenvalue weighted by Gasteiger charge is 2.31. The molecule has 0 aliphatic carbocycles. The number of nitrogens with zero attached hydrogens (tertiary/aromatic N) is 2. The number of carbonyl (C=O) groups is 3. The summed E-state index contributed by atoms with van der Waals surface area (Å²) < 4.78 is 0. The number of aryl methyl sites for hydroxylation is 1. The van der Waals surface area contributed by atoms with Crippen molar-refractivity contribution >= 4 is 23.3 Å². The van der Waals surface area contributed by atoms with Gasteiger partial charge in [0, 0.05) is 37.4 Å². The molecule has 180 valence electrons. The molecule has 0 bridgehead atoms. The molecule has 0 spiro atoms. The fourth-order valence-corrected chi connectivity index (χ4v) is 4.41. The molecule has 35 heavy (non-hydrogen) atoms. The maximum atomic E-state index is 13.5. The van der Waals surface area contributed by atoms with E-state index in [-0.39, 0.29) is 17.6 Å². The van der Waals surface area contributed by atoms with Crippen molar-refractivity contribution in [2.24, 2.45) is 0 Å². The van der Waals surface area contributed by atoms with Gasteiger partial charge < -0.3 is 10.2 Å². The van der Waals surface area contributed by atoms with Crippen molar-refractivity contribution in [3.05, 3.63) is 101 Å². The van der Waals surface area contributed by atoms with Gasteiger partial charge in [0.25, 0.3) is 0 Å². The molecular formula is C29H31N3O3. The standard InChI is InChI=1S/C29H31N3O3/c1-21-11-13-23(14-12-21)19-27(34)31-15-17-32(18-16-31)28(24-7-4-3-5-8-24)29(35)30-26-10-6-9-25(20-26)22(2)33/h3-14,20,28H,15-19H2,1-2H3,(H,30,35). The normalized spacial score (nSPS) is 14.9. The van der Waals surface area contributed by atoms with E-state index in [1.165, 1.54) is 12.5 Å². The lowest BCUT2D eigenvalue weighted by atomic mass is 10.0. The van der Waals surface area contributed by atoms with E-state index in [1.807, 2.05) is 66.4 Å². The Bertz CT molecular complexity index is 1180. The molecule has 0 aromatic heterocycles. The Hall–Kier alpha value is -3.77. The minimum Gasteiger partial charge on any atom is -0.340 e. The Kier molecular flexibility index (Phi) is 7.73. The molecule has 0 radical (unpaired) electrons. The van der Waals surface area contributed by atoms with Gasteiger partial charge in [0.15, 0.2) is 5.78 Å². The van der Waals surface area contributed by atoms with E-state index < -0.39 is 6.04 Å². The van der Waals surface area contributed by atoms with Crippen molar-refractivity contribution in [3.8, 4) is 0 Å². The van der Waals surface area contributed by atoms with Gasteiger partial charge in [0.05, 0.1) is 6.42 Å². The number of ketones is 1. The fourth-order valence-electron chi connectivity index (χ4n) is 4.41. The summed E-state index contributed by atoms with van der Waals surface area (Å²) in [5.74, 6) is -0.0984. The van der Waals surface area contributed by atoms with Gasteiger partial charge in [-0.25, -0.2) is 0 Å². The van der Waals surface area contributed by atoms with Gasteiger partial charge in [-0.3, -0.25) is 19.3 Å². The third-order valence-electron chi connectivity index (χ3n) is 6.41. The molecule has 3 aromatic carbocycles. The van der Waals surface area contributed by atoms with Crippen LogP contribution in [0.15, 0.2) is 78.9 Å². The molecule has 1 unspecified atom stereocenters. The smallest absolute Gasteiger partial charge is 0.246 e. The topological polar surface area (TPSA) is 69.7 Å². The van der Waals surface area contributed by atoms with Crippen LogP contribution in [0.4, 0.5) is 5.69 Å². The first-order chi connectivity index (χ1) is 16.9. The number of amides is 2. The van der Waals surface area contributed by atoms with Crippen LogP contribution in [0.3, 0.4) is 0 Å². The Balaban J connectivity index is 1.45. The van der Waals surface area contributed by atoms with Gasteiger partial charge in [0.1, 0.15) is 6.04 Å². The SMILES string of the molecule is CC(=O)c1cccc(NC(=O)C(c2ccccc2)N2CCN(C(=O)Cc3ccc(C)cc3)CC2)c1. The van der Waals surface area contributed by atoms with Crippen LogP contribution in [0.25, 0.3) is 0 Å². The zero-order valence-corrected chi connectivity index (χ0v) is 20.2. The molecule has 1 atom stereocenters. The van der Waals surface area contributed by atoms with E-state index >= 15 is 0 Å². The predicted molar refractivity (Wildman–Crippen MR) is 137 cm³/mol. The van der Waals surface area contributed by atoms with Crippen LogP contribution in [0.1, 0.15) is 40.0 Å². The second-order valence-corrected chi connectivity index (χ2v) is 9.02. The van der Waals surface area contributed by atoms with E-state index in [1.54, 1.807) is 24.3 Å². The number of Topliss-reactive ketones (excluding diaryl/α,β-unsaturated/α-hetero) is 1. The van der Waals surface area contributed by atoms with Gasteiger partial charge in [-0.2, -0.15) is 0 Å². The predicted octanol–water partition coefficient (Wildman–Crippen LogP) is 4.26. The molecule has 6 nitrogen and oxygen atoms in total. The number of hydrogen-bond acceptors (Lipinski definition) is 4. The van der Waals surface area contributed by atoms with E-state index in [0.717, 1.165) is 11.1 Å². The van der Waals surface area contributed by atoms with Gasteiger partial charge in [0.2, 0.25) is 11.8 Å². The summed E-state index contributed by atoms with van der Waals surface area (Å²) in [5.41, 5.74) is 4.23. The summed E-state index contributed by atoms with van der Waals surface area (Å²) in [5, 5.41) is 2.99. The lowest BCUT2D eigenvalue weighted by Gasteiger charge is -2.39. The Morgan fingerprint density at radius 2 is 1.54 bits per heavy atom. The highest BCUT2D eigenvalue weighted by atomic mass is 16.2. The first kappa shape index (κ1) is 24.4. The largest absolute Gasteiger partial charge is 0.340 e. The minimum absolute atomic E-state index is 0.0489. The van der Waals surface area contributed by atoms with E-state index in [9.17, 15) is 14.4 Å². The van der Waals surface area contributed by atoms with Crippen LogP contribution in [-0.4, -0.2) is 53.6 Å². The molecule has 3 aromatic rings. The van der Waals surface area contributed by atoms with Crippen LogP contribution < -0.4 is 5.32 Å². The maximum absolute atomic E-state index is 13.5. The Morgan fingerprint density at radius 1 is 0.857 bits per heavy atom. The molecule has 1 fully saturated rings. The maximum Gasteiger partial charge on any atom is 0.246 e. The number of carbonyl (C=O) groups excluding carboxylic acids is 3. The number of nitrogens with one attached hydrogen (secondary N) is 1. The van der Waals surface area contributed by atoms with Gasteiger partial charge in [-0.05, 0) is 37.1 Å². The average molecular weight is 470 g/mol. The lowest BCUT2D eigenvalue weighted by Crippen LogP contribution is -2.52. The summed E-state index contributed by atoms with van der Waals surface area (Å²) in [6.07, 6.45) is 0.384. The first-order valence-corrected chi connectivity index (χ1v) is 11.9. The number of piperazine rings is 1. The second kappa shape index (κ2) is 11.1. The zero-order valence-electron chi connectivity index (χ0n) is 20.2. The zero-order chi connectivity index (χ0) is 24.8. The number of anilines is 1. The highest BCUT2D eigenvalue weighted by Crippen LogP contribution is 2.25. The highest BCUT2D eigenvalue weighted by molar-refractivity contribution is 5.98. The van der Waals surface area contributed by atoms with Gasteiger partial charge in [-0.1, -0.05) is 72.3 Å². The molecule has 4 rings (SSSR count). The molecule has 1 N–H and O–H groups in total. The van der Waals surface area contributed by atoms with Crippen molar-refractivity contribution in [1.82, 2.24) is 9.80 Å². The van der Waals surface area contributed by atoms with Crippen molar-refractivity contribution in [2.75, 3.05) is 31.5 Å². The van der Waals surface area contributed by atoms with Crippen LogP contribution in [0, 0.1) is 6.92 Å². The van der Waals surface area contributed by atoms with E-state index in [4.69, 9.17) is 0 Å². The quantitative estimate of drug-likeness (QED) is 0.525.